The van der Waals surface area contributed by atoms with Gasteiger partial charge >= 0.3 is 11.3 Å². The van der Waals surface area contributed by atoms with Crippen molar-refractivity contribution in [2.45, 2.75) is 0 Å². The SMILES string of the molecule is COc1ccc(C(=CC2=CC(=Cc3ccc4ccccc4[o+]3)c3ccccc3O2)c2ccccc2)cc1. The van der Waals surface area contributed by atoms with E-state index in [0.717, 1.165) is 61.8 Å². The third-order valence-corrected chi connectivity index (χ3v) is 6.37. The molecule has 0 amide bonds. The van der Waals surface area contributed by atoms with Crippen LogP contribution in [0.3, 0.4) is 0 Å². The van der Waals surface area contributed by atoms with E-state index in [-0.39, 0.29) is 0 Å². The van der Waals surface area contributed by atoms with E-state index in [1.165, 1.54) is 0 Å². The zero-order chi connectivity index (χ0) is 25.0. The van der Waals surface area contributed by atoms with Crippen molar-refractivity contribution in [1.82, 2.24) is 0 Å². The van der Waals surface area contributed by atoms with Crippen LogP contribution in [0.25, 0.3) is 28.2 Å². The van der Waals surface area contributed by atoms with Gasteiger partial charge in [-0.1, -0.05) is 72.8 Å². The van der Waals surface area contributed by atoms with E-state index in [4.69, 9.17) is 13.9 Å². The molecule has 1 aliphatic heterocycles. The van der Waals surface area contributed by atoms with E-state index < -0.39 is 0 Å². The minimum absolute atomic E-state index is 0.750. The van der Waals surface area contributed by atoms with Crippen molar-refractivity contribution in [2.24, 2.45) is 0 Å². The van der Waals surface area contributed by atoms with Gasteiger partial charge in [-0.15, -0.1) is 0 Å². The molecule has 6 rings (SSSR count). The molecule has 0 N–H and O–H groups in total. The lowest BCUT2D eigenvalue weighted by Crippen LogP contribution is -2.03. The van der Waals surface area contributed by atoms with E-state index in [1.54, 1.807) is 7.11 Å². The van der Waals surface area contributed by atoms with Gasteiger partial charge < -0.3 is 9.47 Å². The molecule has 37 heavy (non-hydrogen) atoms. The van der Waals surface area contributed by atoms with Crippen molar-refractivity contribution in [3.05, 3.63) is 156 Å². The Morgan fingerprint density at radius 2 is 1.46 bits per heavy atom. The molecule has 0 bridgehead atoms. The summed E-state index contributed by atoms with van der Waals surface area (Å²) < 4.78 is 17.9. The summed E-state index contributed by atoms with van der Waals surface area (Å²) in [5, 5.41) is 1.07. The van der Waals surface area contributed by atoms with Gasteiger partial charge in [0, 0.05) is 17.7 Å². The van der Waals surface area contributed by atoms with Gasteiger partial charge in [0.25, 0.3) is 0 Å². The molecule has 0 fully saturated rings. The highest BCUT2D eigenvalue weighted by molar-refractivity contribution is 5.92. The fourth-order valence-corrected chi connectivity index (χ4v) is 4.51. The largest absolute Gasteiger partial charge is 0.497 e. The smallest absolute Gasteiger partial charge is 0.360 e. The summed E-state index contributed by atoms with van der Waals surface area (Å²) in [6.45, 7) is 0. The molecule has 0 spiro atoms. The molecule has 5 aromatic rings. The van der Waals surface area contributed by atoms with Gasteiger partial charge in [-0.3, -0.25) is 0 Å². The molecule has 0 atom stereocenters. The highest BCUT2D eigenvalue weighted by atomic mass is 16.5. The third kappa shape index (κ3) is 4.80. The number of benzene rings is 4. The number of ether oxygens (including phenoxy) is 2. The van der Waals surface area contributed by atoms with Crippen LogP contribution in [0.4, 0.5) is 0 Å². The number of hydrogen-bond donors (Lipinski definition) is 0. The highest BCUT2D eigenvalue weighted by Crippen LogP contribution is 2.37. The van der Waals surface area contributed by atoms with Gasteiger partial charge in [-0.25, -0.2) is 4.42 Å². The number of rotatable bonds is 5. The molecule has 4 aromatic carbocycles. The van der Waals surface area contributed by atoms with Crippen molar-refractivity contribution in [2.75, 3.05) is 7.11 Å². The fraction of sp³-hybridized carbons (Fsp3) is 0.0294. The molecule has 1 aromatic heterocycles. The summed E-state index contributed by atoms with van der Waals surface area (Å²) >= 11 is 0. The number of allylic oxidation sites excluding steroid dienone is 3. The number of para-hydroxylation sites is 2. The first-order chi connectivity index (χ1) is 18.3. The van der Waals surface area contributed by atoms with Crippen LogP contribution < -0.4 is 9.47 Å². The average molecular weight is 482 g/mol. The summed E-state index contributed by atoms with van der Waals surface area (Å²) in [5.74, 6) is 3.16. The minimum atomic E-state index is 0.750. The Bertz CT molecular complexity index is 1660. The zero-order valence-electron chi connectivity index (χ0n) is 20.4. The Hall–Kier alpha value is -4.89. The molecule has 0 aliphatic carbocycles. The van der Waals surface area contributed by atoms with Crippen molar-refractivity contribution in [1.29, 1.82) is 0 Å². The van der Waals surface area contributed by atoms with Gasteiger partial charge in [0.15, 0.2) is 0 Å². The van der Waals surface area contributed by atoms with Gasteiger partial charge in [0.05, 0.1) is 18.6 Å². The molecule has 0 saturated carbocycles. The number of fused-ring (bicyclic) bond motifs is 2. The van der Waals surface area contributed by atoms with Crippen LogP contribution in [-0.2, 0) is 0 Å². The van der Waals surface area contributed by atoms with Crippen LogP contribution in [0, 0.1) is 0 Å². The number of hydrogen-bond acceptors (Lipinski definition) is 2. The highest BCUT2D eigenvalue weighted by Gasteiger charge is 2.19. The first kappa shape index (κ1) is 22.6. The normalized spacial score (nSPS) is 14.1. The van der Waals surface area contributed by atoms with Gasteiger partial charge in [-0.05, 0) is 64.8 Å². The lowest BCUT2D eigenvalue weighted by atomic mass is 9.95. The standard InChI is InChI=1S/C34H25O3/c1-35-28-18-15-25(16-19-28)32(24-9-3-2-4-10-24)23-30-22-27(31-12-6-8-14-34(31)37-30)21-29-20-17-26-11-5-7-13-33(26)36-29/h2-23H,1H3/q+1. The van der Waals surface area contributed by atoms with E-state index in [2.05, 4.69) is 54.6 Å². The minimum Gasteiger partial charge on any atom is -0.497 e. The van der Waals surface area contributed by atoms with Gasteiger partial charge in [0.2, 0.25) is 0 Å². The lowest BCUT2D eigenvalue weighted by Gasteiger charge is -2.19. The van der Waals surface area contributed by atoms with Gasteiger partial charge in [0.1, 0.15) is 17.3 Å². The molecule has 0 unspecified atom stereocenters. The van der Waals surface area contributed by atoms with E-state index in [9.17, 15) is 0 Å². The molecule has 1 aliphatic rings. The van der Waals surface area contributed by atoms with Crippen LogP contribution >= 0.6 is 0 Å². The summed E-state index contributed by atoms with van der Waals surface area (Å²) in [6.07, 6.45) is 6.23. The molecule has 2 heterocycles. The topological polar surface area (TPSA) is 29.8 Å². The summed E-state index contributed by atoms with van der Waals surface area (Å²) in [5.41, 5.74) is 6.13. The second-order valence-corrected chi connectivity index (χ2v) is 8.77. The maximum absolute atomic E-state index is 6.38. The first-order valence-corrected chi connectivity index (χ1v) is 12.2. The molecule has 0 radical (unpaired) electrons. The Balaban J connectivity index is 1.47. The third-order valence-electron chi connectivity index (χ3n) is 6.37. The lowest BCUT2D eigenvalue weighted by molar-refractivity contribution is 0.415. The fourth-order valence-electron chi connectivity index (χ4n) is 4.51. The first-order valence-electron chi connectivity index (χ1n) is 12.2. The Kier molecular flexibility index (Phi) is 6.10. The monoisotopic (exact) mass is 481 g/mol. The van der Waals surface area contributed by atoms with Crippen LogP contribution in [0.2, 0.25) is 0 Å². The maximum atomic E-state index is 6.38. The molecular weight excluding hydrogens is 456 g/mol. The quantitative estimate of drug-likeness (QED) is 0.235. The summed E-state index contributed by atoms with van der Waals surface area (Å²) in [4.78, 5) is 0. The molecular formula is C34H25O3+. The van der Waals surface area contributed by atoms with Gasteiger partial charge in [-0.2, -0.15) is 0 Å². The second kappa shape index (κ2) is 10.00. The predicted octanol–water partition coefficient (Wildman–Crippen LogP) is 8.67. The number of methoxy groups -OCH3 is 1. The van der Waals surface area contributed by atoms with Crippen LogP contribution in [0.15, 0.2) is 138 Å². The molecule has 3 nitrogen and oxygen atoms in total. The van der Waals surface area contributed by atoms with Crippen molar-refractivity contribution in [3.8, 4) is 11.5 Å². The van der Waals surface area contributed by atoms with E-state index in [0.29, 0.717) is 0 Å². The van der Waals surface area contributed by atoms with E-state index in [1.807, 2.05) is 78.9 Å². The zero-order valence-corrected chi connectivity index (χ0v) is 20.4. The summed E-state index contributed by atoms with van der Waals surface area (Å²) in [6, 6.07) is 38.6. The van der Waals surface area contributed by atoms with Crippen LogP contribution in [0.1, 0.15) is 22.5 Å². The Morgan fingerprint density at radius 3 is 2.30 bits per heavy atom. The van der Waals surface area contributed by atoms with Crippen molar-refractivity contribution < 1.29 is 13.9 Å². The predicted molar refractivity (Wildman–Crippen MR) is 150 cm³/mol. The second-order valence-electron chi connectivity index (χ2n) is 8.77. The Labute approximate surface area is 216 Å². The molecule has 3 heteroatoms. The van der Waals surface area contributed by atoms with Crippen LogP contribution in [0.5, 0.6) is 11.5 Å². The maximum Gasteiger partial charge on any atom is 0.360 e. The van der Waals surface area contributed by atoms with Crippen molar-refractivity contribution in [3.63, 3.8) is 0 Å². The molecule has 0 saturated heterocycles. The summed E-state index contributed by atoms with van der Waals surface area (Å²) in [7, 11) is 1.68. The van der Waals surface area contributed by atoms with E-state index >= 15 is 0 Å². The van der Waals surface area contributed by atoms with Crippen molar-refractivity contribution >= 4 is 28.2 Å². The van der Waals surface area contributed by atoms with Crippen LogP contribution in [-0.4, -0.2) is 7.11 Å². The Morgan fingerprint density at radius 1 is 0.730 bits per heavy atom. The molecule has 178 valence electrons. The average Bonchev–Trinajstić information content (AvgIpc) is 2.96.